The van der Waals surface area contributed by atoms with E-state index in [-0.39, 0.29) is 21.9 Å². The normalized spacial score (nSPS) is 11.7. The molecule has 0 unspecified atom stereocenters. The molecule has 2 N–H and O–H groups in total. The molecule has 3 rings (SSSR count). The maximum atomic E-state index is 12.8. The first-order valence-electron chi connectivity index (χ1n) is 7.07. The number of hydrogen-bond donors (Lipinski definition) is 2. The maximum absolute atomic E-state index is 12.8. The molecule has 0 fully saturated rings. The number of hydrogen-bond acceptors (Lipinski definition) is 3. The zero-order chi connectivity index (χ0) is 18.4. The van der Waals surface area contributed by atoms with Crippen LogP contribution in [-0.2, 0) is 0 Å². The number of benzene rings is 2. The Hall–Kier alpha value is -2.67. The number of fused-ring (bicyclic) bond motifs is 1. The molecule has 1 aromatic heterocycles. The van der Waals surface area contributed by atoms with Gasteiger partial charge in [0.05, 0.1) is 16.6 Å². The van der Waals surface area contributed by atoms with Crippen molar-refractivity contribution in [2.24, 2.45) is 0 Å². The number of aromatic amines is 1. The molecule has 1 heterocycles. The Morgan fingerprint density at radius 2 is 1.92 bits per heavy atom. The number of rotatable bonds is 3. The van der Waals surface area contributed by atoms with Gasteiger partial charge in [0.25, 0.3) is 0 Å². The summed E-state index contributed by atoms with van der Waals surface area (Å²) in [5.74, 6) is -1.14. The lowest BCUT2D eigenvalue weighted by molar-refractivity contribution is -0.274. The van der Waals surface area contributed by atoms with Crippen molar-refractivity contribution in [2.75, 3.05) is 0 Å². The van der Waals surface area contributed by atoms with Crippen LogP contribution < -0.4 is 4.74 Å². The third-order valence-corrected chi connectivity index (χ3v) is 3.86. The summed E-state index contributed by atoms with van der Waals surface area (Å²) in [5.41, 5.74) is 1.07. The molecule has 0 atom stereocenters. The van der Waals surface area contributed by atoms with Crippen molar-refractivity contribution in [3.8, 4) is 11.5 Å². The molecule has 0 saturated carbocycles. The molecule has 4 nitrogen and oxygen atoms in total. The highest BCUT2D eigenvalue weighted by molar-refractivity contribution is 6.31. The summed E-state index contributed by atoms with van der Waals surface area (Å²) in [6.07, 6.45) is -4.80. The first kappa shape index (κ1) is 17.2. The van der Waals surface area contributed by atoms with Gasteiger partial charge in [-0.25, -0.2) is 0 Å². The van der Waals surface area contributed by atoms with Crippen LogP contribution in [0.1, 0.15) is 21.6 Å². The van der Waals surface area contributed by atoms with E-state index in [4.69, 9.17) is 11.6 Å². The molecule has 130 valence electrons. The highest BCUT2D eigenvalue weighted by Crippen LogP contribution is 2.32. The highest BCUT2D eigenvalue weighted by Gasteiger charge is 2.31. The second-order valence-corrected chi connectivity index (χ2v) is 5.81. The first-order valence-corrected chi connectivity index (χ1v) is 7.45. The van der Waals surface area contributed by atoms with Crippen LogP contribution in [0.3, 0.4) is 0 Å². The van der Waals surface area contributed by atoms with Crippen molar-refractivity contribution < 1.29 is 27.8 Å². The Labute approximate surface area is 144 Å². The Morgan fingerprint density at radius 3 is 2.56 bits per heavy atom. The van der Waals surface area contributed by atoms with E-state index in [9.17, 15) is 23.1 Å². The fourth-order valence-corrected chi connectivity index (χ4v) is 2.80. The monoisotopic (exact) mass is 369 g/mol. The number of carbonyl (C=O) groups is 1. The number of aromatic nitrogens is 1. The number of alkyl halides is 3. The van der Waals surface area contributed by atoms with Crippen LogP contribution in [-0.4, -0.2) is 22.2 Å². The van der Waals surface area contributed by atoms with Crippen molar-refractivity contribution in [3.63, 3.8) is 0 Å². The SMILES string of the molecule is Cc1[nH]c2cc(OC(F)(F)F)ccc2c1C(=O)c1ccc(Cl)cc1O. The van der Waals surface area contributed by atoms with Crippen molar-refractivity contribution in [2.45, 2.75) is 13.3 Å². The first-order chi connectivity index (χ1) is 11.7. The van der Waals surface area contributed by atoms with Crippen LogP contribution in [0.15, 0.2) is 36.4 Å². The van der Waals surface area contributed by atoms with Gasteiger partial charge < -0.3 is 14.8 Å². The van der Waals surface area contributed by atoms with Gasteiger partial charge in [-0.15, -0.1) is 13.2 Å². The lowest BCUT2D eigenvalue weighted by Crippen LogP contribution is -2.16. The van der Waals surface area contributed by atoms with Gasteiger partial charge in [0.1, 0.15) is 11.5 Å². The van der Waals surface area contributed by atoms with Crippen molar-refractivity contribution >= 4 is 28.3 Å². The van der Waals surface area contributed by atoms with Crippen LogP contribution in [0.5, 0.6) is 11.5 Å². The molecular weight excluding hydrogens is 359 g/mol. The number of carbonyl (C=O) groups excluding carboxylic acids is 1. The Kier molecular flexibility index (Phi) is 4.12. The van der Waals surface area contributed by atoms with E-state index in [1.54, 1.807) is 6.92 Å². The lowest BCUT2D eigenvalue weighted by Gasteiger charge is -2.08. The zero-order valence-corrected chi connectivity index (χ0v) is 13.5. The van der Waals surface area contributed by atoms with E-state index in [1.807, 2.05) is 0 Å². The lowest BCUT2D eigenvalue weighted by atomic mass is 9.99. The summed E-state index contributed by atoms with van der Waals surface area (Å²) in [4.78, 5) is 15.6. The minimum absolute atomic E-state index is 0.0454. The Balaban J connectivity index is 2.07. The molecule has 0 amide bonds. The van der Waals surface area contributed by atoms with E-state index in [0.717, 1.165) is 12.1 Å². The summed E-state index contributed by atoms with van der Waals surface area (Å²) in [5, 5.41) is 10.6. The molecule has 0 aliphatic heterocycles. The Bertz CT molecular complexity index is 979. The van der Waals surface area contributed by atoms with E-state index in [2.05, 4.69) is 9.72 Å². The predicted octanol–water partition coefficient (Wildman–Crippen LogP) is 4.96. The quantitative estimate of drug-likeness (QED) is 0.641. The number of phenolic OH excluding ortho intramolecular Hbond substituents is 1. The number of phenols is 1. The molecule has 3 aromatic rings. The second-order valence-electron chi connectivity index (χ2n) is 5.37. The molecule has 0 bridgehead atoms. The average molecular weight is 370 g/mol. The van der Waals surface area contributed by atoms with Crippen LogP contribution >= 0.6 is 11.6 Å². The van der Waals surface area contributed by atoms with Gasteiger partial charge in [0.15, 0.2) is 5.78 Å². The van der Waals surface area contributed by atoms with E-state index in [1.165, 1.54) is 24.3 Å². The van der Waals surface area contributed by atoms with Gasteiger partial charge in [0.2, 0.25) is 0 Å². The summed E-state index contributed by atoms with van der Waals surface area (Å²) in [7, 11) is 0. The molecule has 0 saturated heterocycles. The molecule has 0 aliphatic carbocycles. The minimum Gasteiger partial charge on any atom is -0.507 e. The predicted molar refractivity (Wildman–Crippen MR) is 86.3 cm³/mol. The second kappa shape index (κ2) is 6.00. The summed E-state index contributed by atoms with van der Waals surface area (Å²) >= 11 is 5.76. The van der Waals surface area contributed by atoms with Crippen LogP contribution in [0.4, 0.5) is 13.2 Å². The van der Waals surface area contributed by atoms with Crippen LogP contribution in [0.25, 0.3) is 10.9 Å². The fraction of sp³-hybridized carbons (Fsp3) is 0.118. The van der Waals surface area contributed by atoms with E-state index >= 15 is 0 Å². The van der Waals surface area contributed by atoms with E-state index in [0.29, 0.717) is 16.6 Å². The van der Waals surface area contributed by atoms with Gasteiger partial charge in [0, 0.05) is 22.2 Å². The number of aromatic hydroxyl groups is 1. The van der Waals surface area contributed by atoms with Gasteiger partial charge in [-0.1, -0.05) is 11.6 Å². The average Bonchev–Trinajstić information content (AvgIpc) is 2.80. The standard InChI is InChI=1S/C17H11ClF3NO3/c1-8-15(16(24)12-4-2-9(18)6-14(12)23)11-5-3-10(7-13(11)22-8)25-17(19,20)21/h2-7,22-23H,1H3. The van der Waals surface area contributed by atoms with Crippen LogP contribution in [0, 0.1) is 6.92 Å². The number of ketones is 1. The highest BCUT2D eigenvalue weighted by atomic mass is 35.5. The zero-order valence-electron chi connectivity index (χ0n) is 12.7. The number of nitrogens with one attached hydrogen (secondary N) is 1. The molecule has 2 aromatic carbocycles. The topological polar surface area (TPSA) is 62.3 Å². The smallest absolute Gasteiger partial charge is 0.507 e. The van der Waals surface area contributed by atoms with Gasteiger partial charge in [-0.05, 0) is 37.3 Å². The molecule has 0 aliphatic rings. The molecular formula is C17H11ClF3NO3. The number of halogens is 4. The van der Waals surface area contributed by atoms with E-state index < -0.39 is 17.9 Å². The van der Waals surface area contributed by atoms with Crippen molar-refractivity contribution in [3.05, 3.63) is 58.2 Å². The number of ether oxygens (including phenoxy) is 1. The molecule has 25 heavy (non-hydrogen) atoms. The molecule has 0 spiro atoms. The van der Waals surface area contributed by atoms with Gasteiger partial charge in [-0.2, -0.15) is 0 Å². The summed E-state index contributed by atoms with van der Waals surface area (Å²) in [6, 6.07) is 7.75. The maximum Gasteiger partial charge on any atom is 0.573 e. The third-order valence-electron chi connectivity index (χ3n) is 3.62. The third kappa shape index (κ3) is 3.41. The van der Waals surface area contributed by atoms with Crippen LogP contribution in [0.2, 0.25) is 5.02 Å². The summed E-state index contributed by atoms with van der Waals surface area (Å²) < 4.78 is 40.9. The largest absolute Gasteiger partial charge is 0.573 e. The minimum atomic E-state index is -4.80. The number of aryl methyl sites for hydroxylation is 1. The van der Waals surface area contributed by atoms with Crippen molar-refractivity contribution in [1.82, 2.24) is 4.98 Å². The Morgan fingerprint density at radius 1 is 1.20 bits per heavy atom. The molecule has 8 heteroatoms. The number of H-pyrrole nitrogens is 1. The fourth-order valence-electron chi connectivity index (χ4n) is 2.63. The molecule has 0 radical (unpaired) electrons. The van der Waals surface area contributed by atoms with Gasteiger partial charge >= 0.3 is 6.36 Å². The van der Waals surface area contributed by atoms with Crippen molar-refractivity contribution in [1.29, 1.82) is 0 Å². The summed E-state index contributed by atoms with van der Waals surface area (Å²) in [6.45, 7) is 1.62. The van der Waals surface area contributed by atoms with Gasteiger partial charge in [-0.3, -0.25) is 4.79 Å².